The number of hydrogen-bond donors (Lipinski definition) is 0. The second-order valence-electron chi connectivity index (χ2n) is 4.82. The van der Waals surface area contributed by atoms with E-state index in [4.69, 9.17) is 14.2 Å². The molecule has 0 aliphatic rings. The molecule has 1 atom stereocenters. The lowest BCUT2D eigenvalue weighted by Gasteiger charge is -2.15. The Morgan fingerprint density at radius 1 is 0.870 bits per heavy atom. The van der Waals surface area contributed by atoms with E-state index >= 15 is 0 Å². The van der Waals surface area contributed by atoms with Gasteiger partial charge in [-0.1, -0.05) is 36.4 Å². The van der Waals surface area contributed by atoms with Gasteiger partial charge in [0, 0.05) is 5.56 Å². The van der Waals surface area contributed by atoms with Crippen LogP contribution in [0, 0.1) is 0 Å². The maximum atomic E-state index is 12.4. The van der Waals surface area contributed by atoms with E-state index in [1.807, 2.05) is 6.07 Å². The molecule has 0 aliphatic heterocycles. The Morgan fingerprint density at radius 3 is 1.96 bits per heavy atom. The maximum absolute atomic E-state index is 12.4. The van der Waals surface area contributed by atoms with Crippen LogP contribution in [0.1, 0.15) is 27.6 Å². The molecule has 0 aliphatic carbocycles. The van der Waals surface area contributed by atoms with Crippen molar-refractivity contribution in [3.8, 4) is 11.5 Å². The molecule has 0 radical (unpaired) electrons. The molecule has 0 saturated carbocycles. The van der Waals surface area contributed by atoms with E-state index in [2.05, 4.69) is 0 Å². The lowest BCUT2D eigenvalue weighted by molar-refractivity contribution is 0.0313. The molecule has 0 saturated heterocycles. The molecule has 2 aromatic carbocycles. The summed E-state index contributed by atoms with van der Waals surface area (Å²) in [6, 6.07) is 13.6. The number of rotatable bonds is 6. The van der Waals surface area contributed by atoms with Crippen molar-refractivity contribution in [3.63, 3.8) is 0 Å². The summed E-state index contributed by atoms with van der Waals surface area (Å²) in [5.74, 6) is -0.286. The minimum Gasteiger partial charge on any atom is -0.496 e. The van der Waals surface area contributed by atoms with E-state index < -0.39 is 12.1 Å². The quantitative estimate of drug-likeness (QED) is 0.605. The predicted octanol–water partition coefficient (Wildman–Crippen LogP) is 3.13. The van der Waals surface area contributed by atoms with Crippen LogP contribution in [0.4, 0.5) is 0 Å². The Labute approximate surface area is 134 Å². The van der Waals surface area contributed by atoms with Crippen LogP contribution in [-0.2, 0) is 4.74 Å². The average Bonchev–Trinajstić information content (AvgIpc) is 2.60. The molecule has 0 fully saturated rings. The van der Waals surface area contributed by atoms with E-state index in [0.717, 1.165) is 0 Å². The number of Topliss-reactive ketones (excluding diaryl/α,β-unsaturated/α-hetero) is 1. The summed E-state index contributed by atoms with van der Waals surface area (Å²) < 4.78 is 15.6. The Morgan fingerprint density at radius 2 is 1.43 bits per heavy atom. The summed E-state index contributed by atoms with van der Waals surface area (Å²) in [4.78, 5) is 24.7. The maximum Gasteiger partial charge on any atom is 0.346 e. The van der Waals surface area contributed by atoms with Crippen LogP contribution in [0.15, 0.2) is 48.5 Å². The van der Waals surface area contributed by atoms with E-state index in [1.54, 1.807) is 42.5 Å². The van der Waals surface area contributed by atoms with Crippen LogP contribution in [-0.4, -0.2) is 32.1 Å². The molecular weight excluding hydrogens is 296 g/mol. The van der Waals surface area contributed by atoms with Crippen molar-refractivity contribution in [2.75, 3.05) is 14.2 Å². The minimum absolute atomic E-state index is 0.158. The molecular formula is C18H18O5. The first kappa shape index (κ1) is 16.5. The molecule has 23 heavy (non-hydrogen) atoms. The van der Waals surface area contributed by atoms with E-state index in [1.165, 1.54) is 21.1 Å². The largest absolute Gasteiger partial charge is 0.496 e. The summed E-state index contributed by atoms with van der Waals surface area (Å²) in [6.07, 6.45) is -0.917. The van der Waals surface area contributed by atoms with Crippen molar-refractivity contribution < 1.29 is 23.8 Å². The van der Waals surface area contributed by atoms with Gasteiger partial charge < -0.3 is 14.2 Å². The van der Waals surface area contributed by atoms with Crippen molar-refractivity contribution in [2.45, 2.75) is 13.0 Å². The molecule has 0 aromatic heterocycles. The summed E-state index contributed by atoms with van der Waals surface area (Å²) in [7, 11) is 2.90. The van der Waals surface area contributed by atoms with Crippen LogP contribution < -0.4 is 9.47 Å². The van der Waals surface area contributed by atoms with Crippen molar-refractivity contribution in [1.82, 2.24) is 0 Å². The number of carbonyl (C=O) groups excluding carboxylic acids is 2. The third-order valence-electron chi connectivity index (χ3n) is 3.34. The first-order chi connectivity index (χ1) is 11.1. The van der Waals surface area contributed by atoms with Crippen molar-refractivity contribution in [1.29, 1.82) is 0 Å². The molecule has 120 valence electrons. The zero-order chi connectivity index (χ0) is 16.8. The van der Waals surface area contributed by atoms with Gasteiger partial charge in [0.05, 0.1) is 14.2 Å². The van der Waals surface area contributed by atoms with Crippen LogP contribution in [0.5, 0.6) is 11.5 Å². The van der Waals surface area contributed by atoms with Crippen LogP contribution in [0.3, 0.4) is 0 Å². The fourth-order valence-electron chi connectivity index (χ4n) is 2.16. The molecule has 2 aromatic rings. The predicted molar refractivity (Wildman–Crippen MR) is 85.2 cm³/mol. The Bertz CT molecular complexity index is 672. The molecule has 5 nitrogen and oxygen atoms in total. The van der Waals surface area contributed by atoms with Gasteiger partial charge in [-0.05, 0) is 19.1 Å². The minimum atomic E-state index is -0.917. The molecule has 5 heteroatoms. The van der Waals surface area contributed by atoms with Crippen molar-refractivity contribution in [2.24, 2.45) is 0 Å². The third kappa shape index (κ3) is 3.69. The van der Waals surface area contributed by atoms with Gasteiger partial charge in [-0.3, -0.25) is 4.79 Å². The lowest BCUT2D eigenvalue weighted by atomic mass is 10.1. The highest BCUT2D eigenvalue weighted by Crippen LogP contribution is 2.29. The molecule has 0 heterocycles. The monoisotopic (exact) mass is 314 g/mol. The number of ketones is 1. The average molecular weight is 314 g/mol. The van der Waals surface area contributed by atoms with Gasteiger partial charge in [-0.15, -0.1) is 0 Å². The van der Waals surface area contributed by atoms with Crippen molar-refractivity contribution >= 4 is 11.8 Å². The van der Waals surface area contributed by atoms with Crippen LogP contribution in [0.2, 0.25) is 0 Å². The summed E-state index contributed by atoms with van der Waals surface area (Å²) in [6.45, 7) is 1.54. The summed E-state index contributed by atoms with van der Waals surface area (Å²) in [5.41, 5.74) is 0.644. The van der Waals surface area contributed by atoms with E-state index in [0.29, 0.717) is 17.1 Å². The van der Waals surface area contributed by atoms with Crippen LogP contribution >= 0.6 is 0 Å². The lowest BCUT2D eigenvalue weighted by Crippen LogP contribution is -2.25. The Balaban J connectivity index is 2.21. The van der Waals surface area contributed by atoms with Gasteiger partial charge in [0.1, 0.15) is 17.1 Å². The normalized spacial score (nSPS) is 11.4. The van der Waals surface area contributed by atoms with Gasteiger partial charge in [0.15, 0.2) is 6.10 Å². The fourth-order valence-corrected chi connectivity index (χ4v) is 2.16. The number of methoxy groups -OCH3 is 2. The number of hydrogen-bond acceptors (Lipinski definition) is 5. The van der Waals surface area contributed by atoms with Gasteiger partial charge in [0.25, 0.3) is 0 Å². The highest BCUT2D eigenvalue weighted by atomic mass is 16.6. The first-order valence-corrected chi connectivity index (χ1v) is 7.09. The number of esters is 1. The smallest absolute Gasteiger partial charge is 0.346 e. The molecule has 0 bridgehead atoms. The summed E-state index contributed by atoms with van der Waals surface area (Å²) in [5, 5.41) is 0. The van der Waals surface area contributed by atoms with Gasteiger partial charge in [-0.2, -0.15) is 0 Å². The number of benzene rings is 2. The SMILES string of the molecule is COc1cccc(OC)c1C(=O)O[C@H](C)C(=O)c1ccccc1. The standard InChI is InChI=1S/C18H18O5/c1-12(17(19)13-8-5-4-6-9-13)23-18(20)16-14(21-2)10-7-11-15(16)22-3/h4-12H,1-3H3/t12-/m1/s1. The molecule has 0 N–H and O–H groups in total. The molecule has 2 rings (SSSR count). The zero-order valence-corrected chi connectivity index (χ0v) is 13.2. The topological polar surface area (TPSA) is 61.8 Å². The number of ether oxygens (including phenoxy) is 3. The highest BCUT2D eigenvalue weighted by molar-refractivity contribution is 6.02. The third-order valence-corrected chi connectivity index (χ3v) is 3.34. The van der Waals surface area contributed by atoms with E-state index in [9.17, 15) is 9.59 Å². The molecule has 0 unspecified atom stereocenters. The molecule has 0 spiro atoms. The van der Waals surface area contributed by atoms with Gasteiger partial charge in [-0.25, -0.2) is 4.79 Å². The summed E-state index contributed by atoms with van der Waals surface area (Å²) >= 11 is 0. The van der Waals surface area contributed by atoms with Gasteiger partial charge in [0.2, 0.25) is 5.78 Å². The second-order valence-corrected chi connectivity index (χ2v) is 4.82. The number of carbonyl (C=O) groups is 2. The fraction of sp³-hybridized carbons (Fsp3) is 0.222. The molecule has 0 amide bonds. The highest BCUT2D eigenvalue weighted by Gasteiger charge is 2.25. The van der Waals surface area contributed by atoms with Crippen molar-refractivity contribution in [3.05, 3.63) is 59.7 Å². The van der Waals surface area contributed by atoms with Gasteiger partial charge >= 0.3 is 5.97 Å². The van der Waals surface area contributed by atoms with Crippen LogP contribution in [0.25, 0.3) is 0 Å². The second kappa shape index (κ2) is 7.45. The first-order valence-electron chi connectivity index (χ1n) is 7.09. The van der Waals surface area contributed by atoms with E-state index in [-0.39, 0.29) is 11.3 Å². The Kier molecular flexibility index (Phi) is 5.36. The Hall–Kier alpha value is -2.82. The zero-order valence-electron chi connectivity index (χ0n) is 13.2.